The van der Waals surface area contributed by atoms with Gasteiger partial charge in [-0.25, -0.2) is 0 Å². The van der Waals surface area contributed by atoms with Crippen molar-refractivity contribution in [2.45, 2.75) is 57.7 Å². The molecule has 1 heterocycles. The SMILES string of the molecule is CC1=CC(C[Si](c2ccccc2)(c2ccccc2)C(C)(C)C)OCCC1. The van der Waals surface area contributed by atoms with Crippen LogP contribution in [0.1, 0.15) is 40.5 Å². The lowest BCUT2D eigenvalue weighted by molar-refractivity contribution is 0.0992. The number of hydrogen-bond acceptors (Lipinski definition) is 1. The van der Waals surface area contributed by atoms with Crippen LogP contribution in [-0.2, 0) is 4.74 Å². The summed E-state index contributed by atoms with van der Waals surface area (Å²) in [6.45, 7) is 10.4. The number of rotatable bonds is 4. The molecule has 1 nitrogen and oxygen atoms in total. The highest BCUT2D eigenvalue weighted by Crippen LogP contribution is 2.40. The summed E-state index contributed by atoms with van der Waals surface area (Å²) < 4.78 is 6.33. The van der Waals surface area contributed by atoms with Gasteiger partial charge in [-0.1, -0.05) is 103 Å². The topological polar surface area (TPSA) is 9.23 Å². The third-order valence-corrected chi connectivity index (χ3v) is 12.1. The predicted molar refractivity (Wildman–Crippen MR) is 115 cm³/mol. The summed E-state index contributed by atoms with van der Waals surface area (Å²) in [6, 6.07) is 23.5. The van der Waals surface area contributed by atoms with Gasteiger partial charge in [-0.2, -0.15) is 0 Å². The van der Waals surface area contributed by atoms with Crippen LogP contribution in [-0.4, -0.2) is 20.8 Å². The Morgan fingerprint density at radius 3 is 1.96 bits per heavy atom. The molecule has 1 unspecified atom stereocenters. The molecule has 0 saturated carbocycles. The van der Waals surface area contributed by atoms with Crippen molar-refractivity contribution in [1.29, 1.82) is 0 Å². The highest BCUT2D eigenvalue weighted by Gasteiger charge is 2.48. The molecule has 1 aliphatic rings. The van der Waals surface area contributed by atoms with E-state index in [2.05, 4.69) is 94.4 Å². The maximum atomic E-state index is 6.33. The van der Waals surface area contributed by atoms with Gasteiger partial charge in [-0.3, -0.25) is 0 Å². The zero-order chi connectivity index (χ0) is 18.6. The van der Waals surface area contributed by atoms with Gasteiger partial charge in [0.2, 0.25) is 0 Å². The van der Waals surface area contributed by atoms with Gasteiger partial charge >= 0.3 is 0 Å². The van der Waals surface area contributed by atoms with Crippen molar-refractivity contribution in [1.82, 2.24) is 0 Å². The van der Waals surface area contributed by atoms with E-state index in [0.29, 0.717) is 0 Å². The van der Waals surface area contributed by atoms with Crippen molar-refractivity contribution in [3.63, 3.8) is 0 Å². The molecule has 0 N–H and O–H groups in total. The normalized spacial score (nSPS) is 18.9. The Morgan fingerprint density at radius 2 is 1.46 bits per heavy atom. The van der Waals surface area contributed by atoms with Gasteiger partial charge in [0.05, 0.1) is 6.10 Å². The van der Waals surface area contributed by atoms with Crippen molar-refractivity contribution in [2.24, 2.45) is 0 Å². The standard InChI is InChI=1S/C24H32OSi/c1-20-12-11-17-25-21(18-20)19-26(24(2,3)4,22-13-7-5-8-14-22)23-15-9-6-10-16-23/h5-10,13-16,18,21H,11-12,17,19H2,1-4H3. The van der Waals surface area contributed by atoms with Crippen LogP contribution in [0.15, 0.2) is 72.3 Å². The van der Waals surface area contributed by atoms with Gasteiger partial charge in [-0.15, -0.1) is 0 Å². The van der Waals surface area contributed by atoms with Gasteiger partial charge < -0.3 is 4.74 Å². The Bertz CT molecular complexity index is 688. The Kier molecular flexibility index (Phi) is 5.84. The van der Waals surface area contributed by atoms with Crippen molar-refractivity contribution in [3.05, 3.63) is 72.3 Å². The quantitative estimate of drug-likeness (QED) is 0.537. The summed E-state index contributed by atoms with van der Waals surface area (Å²) in [4.78, 5) is 0. The number of hydrogen-bond donors (Lipinski definition) is 0. The van der Waals surface area contributed by atoms with Gasteiger partial charge in [0, 0.05) is 6.61 Å². The van der Waals surface area contributed by atoms with E-state index in [-0.39, 0.29) is 11.1 Å². The first-order valence-corrected chi connectivity index (χ1v) is 12.0. The molecule has 0 radical (unpaired) electrons. The van der Waals surface area contributed by atoms with E-state index >= 15 is 0 Å². The van der Waals surface area contributed by atoms with E-state index in [1.807, 2.05) is 0 Å². The fraction of sp³-hybridized carbons (Fsp3) is 0.417. The van der Waals surface area contributed by atoms with Crippen molar-refractivity contribution in [3.8, 4) is 0 Å². The molecule has 138 valence electrons. The molecular formula is C24H32OSi. The molecule has 2 heteroatoms. The fourth-order valence-electron chi connectivity index (χ4n) is 4.47. The fourth-order valence-corrected chi connectivity index (χ4v) is 9.99. The number of benzene rings is 2. The maximum absolute atomic E-state index is 6.33. The lowest BCUT2D eigenvalue weighted by Gasteiger charge is -2.45. The van der Waals surface area contributed by atoms with E-state index in [0.717, 1.165) is 25.5 Å². The van der Waals surface area contributed by atoms with Crippen LogP contribution < -0.4 is 10.4 Å². The number of allylic oxidation sites excluding steroid dienone is 1. The third-order valence-electron chi connectivity index (χ3n) is 5.84. The first kappa shape index (κ1) is 19.1. The Balaban J connectivity index is 2.16. The van der Waals surface area contributed by atoms with Crippen LogP contribution >= 0.6 is 0 Å². The first-order chi connectivity index (χ1) is 12.4. The molecule has 0 saturated heterocycles. The Hall–Kier alpha value is -1.64. The van der Waals surface area contributed by atoms with Crippen molar-refractivity contribution in [2.75, 3.05) is 6.61 Å². The molecule has 0 fully saturated rings. The van der Waals surface area contributed by atoms with Gasteiger partial charge in [0.1, 0.15) is 8.07 Å². The average molecular weight is 365 g/mol. The smallest absolute Gasteiger partial charge is 0.126 e. The average Bonchev–Trinajstić information content (AvgIpc) is 2.84. The monoisotopic (exact) mass is 364 g/mol. The molecule has 0 bridgehead atoms. The highest BCUT2D eigenvalue weighted by molar-refractivity contribution is 7.04. The maximum Gasteiger partial charge on any atom is 0.126 e. The minimum Gasteiger partial charge on any atom is -0.374 e. The summed E-state index contributed by atoms with van der Waals surface area (Å²) in [5.41, 5.74) is 1.48. The molecule has 3 rings (SSSR count). The minimum absolute atomic E-state index is 0.188. The zero-order valence-electron chi connectivity index (χ0n) is 16.7. The Morgan fingerprint density at radius 1 is 0.923 bits per heavy atom. The largest absolute Gasteiger partial charge is 0.374 e. The summed E-state index contributed by atoms with van der Waals surface area (Å²) in [5.74, 6) is 0. The van der Waals surface area contributed by atoms with Crippen LogP contribution in [0.2, 0.25) is 11.1 Å². The molecule has 1 atom stereocenters. The van der Waals surface area contributed by atoms with Crippen LogP contribution in [0.25, 0.3) is 0 Å². The van der Waals surface area contributed by atoms with Gasteiger partial charge in [0.15, 0.2) is 0 Å². The second-order valence-corrected chi connectivity index (χ2v) is 13.5. The predicted octanol–water partition coefficient (Wildman–Crippen LogP) is 5.18. The molecule has 26 heavy (non-hydrogen) atoms. The second kappa shape index (κ2) is 7.94. The van der Waals surface area contributed by atoms with E-state index in [1.54, 1.807) is 0 Å². The Labute approximate surface area is 160 Å². The number of ether oxygens (including phenoxy) is 1. The van der Waals surface area contributed by atoms with Crippen molar-refractivity contribution >= 4 is 18.4 Å². The molecule has 2 aromatic carbocycles. The third kappa shape index (κ3) is 3.87. The second-order valence-electron chi connectivity index (χ2n) is 8.62. The molecule has 2 aromatic rings. The van der Waals surface area contributed by atoms with Crippen LogP contribution in [0.3, 0.4) is 0 Å². The van der Waals surface area contributed by atoms with Crippen LogP contribution in [0.4, 0.5) is 0 Å². The van der Waals surface area contributed by atoms with Crippen LogP contribution in [0, 0.1) is 0 Å². The molecular weight excluding hydrogens is 332 g/mol. The zero-order valence-corrected chi connectivity index (χ0v) is 17.7. The minimum atomic E-state index is -2.06. The van der Waals surface area contributed by atoms with Crippen LogP contribution in [0.5, 0.6) is 0 Å². The van der Waals surface area contributed by atoms with Gasteiger partial charge in [0.25, 0.3) is 0 Å². The van der Waals surface area contributed by atoms with E-state index in [9.17, 15) is 0 Å². The van der Waals surface area contributed by atoms with E-state index < -0.39 is 8.07 Å². The lowest BCUT2D eigenvalue weighted by atomic mass is 10.1. The molecule has 0 amide bonds. The first-order valence-electron chi connectivity index (χ1n) is 9.83. The molecule has 0 spiro atoms. The lowest BCUT2D eigenvalue weighted by Crippen LogP contribution is -2.65. The summed E-state index contributed by atoms with van der Waals surface area (Å²) >= 11 is 0. The highest BCUT2D eigenvalue weighted by atomic mass is 28.3. The van der Waals surface area contributed by atoms with Gasteiger partial charge in [-0.05, 0) is 30.8 Å². The summed E-state index contributed by atoms with van der Waals surface area (Å²) in [5, 5.41) is 3.21. The molecule has 0 aromatic heterocycles. The van der Waals surface area contributed by atoms with E-state index in [4.69, 9.17) is 4.74 Å². The molecule has 1 aliphatic heterocycles. The summed E-state index contributed by atoms with van der Waals surface area (Å²) in [7, 11) is -2.06. The molecule has 0 aliphatic carbocycles. The van der Waals surface area contributed by atoms with Crippen molar-refractivity contribution < 1.29 is 4.74 Å². The van der Waals surface area contributed by atoms with E-state index in [1.165, 1.54) is 15.9 Å². The summed E-state index contributed by atoms with van der Waals surface area (Å²) in [6.07, 6.45) is 4.91.